The summed E-state index contributed by atoms with van der Waals surface area (Å²) < 4.78 is 0. The normalized spacial score (nSPS) is 13.8. The maximum absolute atomic E-state index is 13.1. The van der Waals surface area contributed by atoms with Gasteiger partial charge in [0.25, 0.3) is 0 Å². The van der Waals surface area contributed by atoms with Crippen molar-refractivity contribution in [2.24, 2.45) is 17.2 Å². The Morgan fingerprint density at radius 3 is 1.79 bits per heavy atom. The van der Waals surface area contributed by atoms with Gasteiger partial charge in [-0.25, -0.2) is 4.79 Å². The first-order chi connectivity index (χ1) is 18.3. The maximum Gasteiger partial charge on any atom is 0.326 e. The lowest BCUT2D eigenvalue weighted by Gasteiger charge is -2.25. The lowest BCUT2D eigenvalue weighted by molar-refractivity contribution is -0.142. The average Bonchev–Trinajstić information content (AvgIpc) is 2.87. The van der Waals surface area contributed by atoms with Gasteiger partial charge in [0.2, 0.25) is 29.5 Å². The topological polar surface area (TPSA) is 257 Å². The van der Waals surface area contributed by atoms with E-state index in [2.05, 4.69) is 16.0 Å². The number of carboxylic acid groups (broad SMARTS) is 1. The van der Waals surface area contributed by atoms with E-state index in [0.29, 0.717) is 11.3 Å². The summed E-state index contributed by atoms with van der Waals surface area (Å²) in [4.78, 5) is 72.8. The number of benzene rings is 1. The van der Waals surface area contributed by atoms with Crippen LogP contribution in [0.15, 0.2) is 24.3 Å². The van der Waals surface area contributed by atoms with E-state index < -0.39 is 59.7 Å². The van der Waals surface area contributed by atoms with Gasteiger partial charge in [0.15, 0.2) is 0 Å². The molecule has 1 aromatic carbocycles. The quantitative estimate of drug-likeness (QED) is 0.0974. The summed E-state index contributed by atoms with van der Waals surface area (Å²) in [5, 5.41) is 26.4. The van der Waals surface area contributed by atoms with E-state index >= 15 is 0 Å². The van der Waals surface area contributed by atoms with Crippen LogP contribution in [0.25, 0.3) is 0 Å². The van der Waals surface area contributed by atoms with Crippen molar-refractivity contribution in [2.45, 2.75) is 62.7 Å². The van der Waals surface area contributed by atoms with Crippen LogP contribution >= 0.6 is 11.8 Å². The van der Waals surface area contributed by atoms with E-state index in [0.717, 1.165) is 0 Å². The average molecular weight is 569 g/mol. The van der Waals surface area contributed by atoms with Gasteiger partial charge >= 0.3 is 5.97 Å². The molecule has 0 fully saturated rings. The third-order valence-electron chi connectivity index (χ3n) is 5.59. The van der Waals surface area contributed by atoms with Crippen LogP contribution in [0, 0.1) is 0 Å². The molecular formula is C24H36N6O8S. The Morgan fingerprint density at radius 1 is 0.795 bits per heavy atom. The molecule has 0 aliphatic heterocycles. The highest BCUT2D eigenvalue weighted by Gasteiger charge is 2.30. The number of thioether (sulfide) groups is 1. The number of phenolic OH excluding ortho intramolecular Hbond substituents is 1. The number of aliphatic carboxylic acids is 1. The highest BCUT2D eigenvalue weighted by atomic mass is 32.2. The van der Waals surface area contributed by atoms with Crippen molar-refractivity contribution in [2.75, 3.05) is 12.0 Å². The maximum atomic E-state index is 13.1. The minimum Gasteiger partial charge on any atom is -0.508 e. The molecule has 1 aromatic rings. The van der Waals surface area contributed by atoms with Crippen molar-refractivity contribution in [1.29, 1.82) is 0 Å². The minimum atomic E-state index is -1.38. The Morgan fingerprint density at radius 2 is 1.28 bits per heavy atom. The largest absolute Gasteiger partial charge is 0.508 e. The molecule has 4 atom stereocenters. The summed E-state index contributed by atoms with van der Waals surface area (Å²) in [6, 6.07) is 0.791. The van der Waals surface area contributed by atoms with Crippen molar-refractivity contribution in [3.63, 3.8) is 0 Å². The fraction of sp³-hybridized carbons (Fsp3) is 0.500. The van der Waals surface area contributed by atoms with Crippen LogP contribution in [-0.2, 0) is 35.2 Å². The standard InChI is InChI=1S/C24H36N6O8S/c1-39-11-10-17(28-21(34)15(25)6-8-19(26)32)23(36)29-16(7-9-20(27)33)22(35)30-18(24(37)38)12-13-2-4-14(31)5-3-13/h2-5,15-18,31H,6-12,25H2,1H3,(H2,26,32)(H2,27,33)(H,28,34)(H,29,36)(H,30,35)(H,37,38). The van der Waals surface area contributed by atoms with Gasteiger partial charge in [0, 0.05) is 19.3 Å². The summed E-state index contributed by atoms with van der Waals surface area (Å²) in [6.45, 7) is 0. The van der Waals surface area contributed by atoms with E-state index in [1.165, 1.54) is 36.0 Å². The number of rotatable bonds is 18. The number of carboxylic acids is 1. The molecule has 11 N–H and O–H groups in total. The first kappa shape index (κ1) is 33.2. The number of primary amides is 2. The molecule has 1 rings (SSSR count). The fourth-order valence-corrected chi connectivity index (χ4v) is 3.85. The number of amides is 5. The summed E-state index contributed by atoms with van der Waals surface area (Å²) in [7, 11) is 0. The van der Waals surface area contributed by atoms with E-state index in [9.17, 15) is 39.0 Å². The number of nitrogens with one attached hydrogen (secondary N) is 3. The highest BCUT2D eigenvalue weighted by Crippen LogP contribution is 2.12. The Bertz CT molecular complexity index is 1020. The zero-order chi connectivity index (χ0) is 29.5. The number of carbonyl (C=O) groups excluding carboxylic acids is 5. The molecule has 14 nitrogen and oxygen atoms in total. The second-order valence-electron chi connectivity index (χ2n) is 8.79. The van der Waals surface area contributed by atoms with Crippen molar-refractivity contribution >= 4 is 47.3 Å². The predicted octanol–water partition coefficient (Wildman–Crippen LogP) is -1.91. The van der Waals surface area contributed by atoms with Crippen LogP contribution in [0.5, 0.6) is 5.75 Å². The van der Waals surface area contributed by atoms with Crippen molar-refractivity contribution in [3.05, 3.63) is 29.8 Å². The lowest BCUT2D eigenvalue weighted by Crippen LogP contribution is -2.57. The monoisotopic (exact) mass is 568 g/mol. The van der Waals surface area contributed by atoms with Gasteiger partial charge in [-0.05, 0) is 49.0 Å². The Kier molecular flexibility index (Phi) is 14.4. The van der Waals surface area contributed by atoms with Crippen LogP contribution in [0.1, 0.15) is 37.7 Å². The molecule has 0 aliphatic rings. The zero-order valence-electron chi connectivity index (χ0n) is 21.6. The Hall–Kier alpha value is -3.85. The third kappa shape index (κ3) is 13.0. The molecule has 5 amide bonds. The zero-order valence-corrected chi connectivity index (χ0v) is 22.4. The second kappa shape index (κ2) is 16.9. The Balaban J connectivity index is 3.02. The van der Waals surface area contributed by atoms with Crippen molar-refractivity contribution in [1.82, 2.24) is 16.0 Å². The smallest absolute Gasteiger partial charge is 0.326 e. The highest BCUT2D eigenvalue weighted by molar-refractivity contribution is 7.98. The molecule has 0 saturated carbocycles. The minimum absolute atomic E-state index is 0.0131. The van der Waals surface area contributed by atoms with Gasteiger partial charge in [-0.1, -0.05) is 12.1 Å². The molecular weight excluding hydrogens is 532 g/mol. The first-order valence-electron chi connectivity index (χ1n) is 12.1. The van der Waals surface area contributed by atoms with Crippen LogP contribution in [-0.4, -0.2) is 81.9 Å². The molecule has 0 spiro atoms. The van der Waals surface area contributed by atoms with Gasteiger partial charge in [-0.2, -0.15) is 11.8 Å². The van der Waals surface area contributed by atoms with Crippen LogP contribution < -0.4 is 33.2 Å². The number of phenols is 1. The second-order valence-corrected chi connectivity index (χ2v) is 9.78. The lowest BCUT2D eigenvalue weighted by atomic mass is 10.0. The molecule has 0 bridgehead atoms. The van der Waals surface area contributed by atoms with Crippen LogP contribution in [0.4, 0.5) is 0 Å². The van der Waals surface area contributed by atoms with E-state index in [-0.39, 0.29) is 44.3 Å². The van der Waals surface area contributed by atoms with E-state index in [1.807, 2.05) is 0 Å². The first-order valence-corrected chi connectivity index (χ1v) is 13.5. The number of hydrogen-bond acceptors (Lipinski definition) is 9. The Labute approximate surface area is 229 Å². The molecule has 0 aromatic heterocycles. The van der Waals surface area contributed by atoms with Gasteiger partial charge in [-0.3, -0.25) is 24.0 Å². The van der Waals surface area contributed by atoms with Crippen molar-refractivity contribution in [3.8, 4) is 5.75 Å². The molecule has 39 heavy (non-hydrogen) atoms. The molecule has 15 heteroatoms. The summed E-state index contributed by atoms with van der Waals surface area (Å²) in [6.07, 6.45) is 1.18. The molecule has 216 valence electrons. The molecule has 0 radical (unpaired) electrons. The molecule has 4 unspecified atom stereocenters. The number of carbonyl (C=O) groups is 6. The van der Waals surface area contributed by atoms with Gasteiger partial charge in [-0.15, -0.1) is 0 Å². The molecule has 0 aliphatic carbocycles. The van der Waals surface area contributed by atoms with Crippen molar-refractivity contribution < 1.29 is 39.0 Å². The summed E-state index contributed by atoms with van der Waals surface area (Å²) in [5.74, 6) is -4.60. The fourth-order valence-electron chi connectivity index (χ4n) is 3.38. The third-order valence-corrected chi connectivity index (χ3v) is 6.23. The number of hydrogen-bond donors (Lipinski definition) is 8. The number of nitrogens with two attached hydrogens (primary N) is 3. The predicted molar refractivity (Wildman–Crippen MR) is 143 cm³/mol. The van der Waals surface area contributed by atoms with E-state index in [1.54, 1.807) is 6.26 Å². The summed E-state index contributed by atoms with van der Waals surface area (Å²) in [5.41, 5.74) is 16.6. The van der Waals surface area contributed by atoms with Crippen LogP contribution in [0.3, 0.4) is 0 Å². The van der Waals surface area contributed by atoms with Crippen LogP contribution in [0.2, 0.25) is 0 Å². The van der Waals surface area contributed by atoms with E-state index in [4.69, 9.17) is 17.2 Å². The molecule has 0 heterocycles. The number of aromatic hydroxyl groups is 1. The molecule has 0 saturated heterocycles. The van der Waals surface area contributed by atoms with Gasteiger partial charge in [0.05, 0.1) is 6.04 Å². The SMILES string of the molecule is CSCCC(NC(=O)C(N)CCC(N)=O)C(=O)NC(CCC(N)=O)C(=O)NC(Cc1ccc(O)cc1)C(=O)O. The summed E-state index contributed by atoms with van der Waals surface area (Å²) >= 11 is 1.40. The van der Waals surface area contributed by atoms with Gasteiger partial charge < -0.3 is 43.4 Å². The van der Waals surface area contributed by atoms with Gasteiger partial charge in [0.1, 0.15) is 23.9 Å².